The van der Waals surface area contributed by atoms with Crippen molar-refractivity contribution in [2.24, 2.45) is 5.92 Å². The average Bonchev–Trinajstić information content (AvgIpc) is 2.40. The van der Waals surface area contributed by atoms with Crippen LogP contribution in [0.1, 0.15) is 26.7 Å². The van der Waals surface area contributed by atoms with Crippen molar-refractivity contribution in [3.63, 3.8) is 0 Å². The highest BCUT2D eigenvalue weighted by Crippen LogP contribution is 2.24. The summed E-state index contributed by atoms with van der Waals surface area (Å²) in [6.45, 7) is 6.76. The van der Waals surface area contributed by atoms with Crippen molar-refractivity contribution >= 4 is 17.5 Å². The van der Waals surface area contributed by atoms with Crippen molar-refractivity contribution in [1.29, 1.82) is 0 Å². The molecular weight excluding hydrogens is 250 g/mol. The lowest BCUT2D eigenvalue weighted by Gasteiger charge is -2.34. The Balaban J connectivity index is 2.04. The molecule has 0 aromatic carbocycles. The molecule has 2 atom stereocenters. The fraction of sp³-hybridized carbons (Fsp3) is 0.692. The van der Waals surface area contributed by atoms with Crippen molar-refractivity contribution in [2.75, 3.05) is 24.6 Å². The molecule has 0 aliphatic carbocycles. The number of anilines is 1. The molecular formula is C13H20ClN3O. The van der Waals surface area contributed by atoms with Crippen LogP contribution in [0.3, 0.4) is 0 Å². The van der Waals surface area contributed by atoms with Gasteiger partial charge in [0.2, 0.25) is 11.8 Å². The summed E-state index contributed by atoms with van der Waals surface area (Å²) in [5.41, 5.74) is 0. The maximum absolute atomic E-state index is 6.23. The molecule has 4 nitrogen and oxygen atoms in total. The van der Waals surface area contributed by atoms with Gasteiger partial charge < -0.3 is 9.64 Å². The zero-order valence-electron chi connectivity index (χ0n) is 11.0. The third-order valence-electron chi connectivity index (χ3n) is 3.15. The summed E-state index contributed by atoms with van der Waals surface area (Å²) >= 11 is 6.23. The maximum Gasteiger partial charge on any atom is 0.228 e. The highest BCUT2D eigenvalue weighted by molar-refractivity contribution is 6.20. The fourth-order valence-electron chi connectivity index (χ4n) is 2.07. The van der Waals surface area contributed by atoms with Crippen LogP contribution in [0.4, 0.5) is 5.95 Å². The van der Waals surface area contributed by atoms with E-state index in [1.807, 2.05) is 0 Å². The molecule has 2 unspecified atom stereocenters. The third-order valence-corrected chi connectivity index (χ3v) is 3.80. The number of aromatic nitrogens is 2. The molecule has 1 aliphatic rings. The molecule has 0 radical (unpaired) electrons. The third kappa shape index (κ3) is 3.25. The Bertz CT molecular complexity index is 388. The minimum Gasteiger partial charge on any atom is -0.478 e. The van der Waals surface area contributed by atoms with Gasteiger partial charge in [-0.2, -0.15) is 4.98 Å². The van der Waals surface area contributed by atoms with Gasteiger partial charge >= 0.3 is 0 Å². The normalized spacial score (nSPS) is 24.1. The van der Waals surface area contributed by atoms with Crippen LogP contribution >= 0.6 is 11.6 Å². The molecule has 0 spiro atoms. The molecule has 100 valence electrons. The van der Waals surface area contributed by atoms with Crippen LogP contribution in [0.15, 0.2) is 12.3 Å². The SMILES string of the molecule is CCCOc1ccnc(N2CCC(Cl)C(C)C2)n1. The minimum absolute atomic E-state index is 0.265. The molecule has 0 N–H and O–H groups in total. The lowest BCUT2D eigenvalue weighted by Crippen LogP contribution is -2.40. The van der Waals surface area contributed by atoms with Gasteiger partial charge in [0.25, 0.3) is 0 Å². The molecule has 0 amide bonds. The lowest BCUT2D eigenvalue weighted by molar-refractivity contribution is 0.304. The smallest absolute Gasteiger partial charge is 0.228 e. The summed E-state index contributed by atoms with van der Waals surface area (Å²) in [5.74, 6) is 1.87. The van der Waals surface area contributed by atoms with E-state index in [0.29, 0.717) is 18.4 Å². The molecule has 2 rings (SSSR count). The molecule has 1 aliphatic heterocycles. The van der Waals surface area contributed by atoms with E-state index in [1.54, 1.807) is 12.3 Å². The molecule has 18 heavy (non-hydrogen) atoms. The van der Waals surface area contributed by atoms with Gasteiger partial charge in [0.15, 0.2) is 0 Å². The van der Waals surface area contributed by atoms with E-state index in [9.17, 15) is 0 Å². The molecule has 1 aromatic heterocycles. The summed E-state index contributed by atoms with van der Waals surface area (Å²) in [5, 5.41) is 0.265. The van der Waals surface area contributed by atoms with Crippen LogP contribution in [0.25, 0.3) is 0 Å². The molecule has 5 heteroatoms. The topological polar surface area (TPSA) is 38.2 Å². The van der Waals surface area contributed by atoms with E-state index < -0.39 is 0 Å². The second kappa shape index (κ2) is 6.23. The van der Waals surface area contributed by atoms with E-state index in [1.165, 1.54) is 0 Å². The summed E-state index contributed by atoms with van der Waals surface area (Å²) < 4.78 is 5.53. The van der Waals surface area contributed by atoms with Gasteiger partial charge in [0, 0.05) is 30.7 Å². The Morgan fingerprint density at radius 3 is 3.11 bits per heavy atom. The molecule has 1 aromatic rings. The van der Waals surface area contributed by atoms with Gasteiger partial charge in [-0.05, 0) is 18.8 Å². The molecule has 2 heterocycles. The first-order chi connectivity index (χ1) is 8.70. The summed E-state index contributed by atoms with van der Waals surface area (Å²) in [4.78, 5) is 10.9. The average molecular weight is 270 g/mol. The quantitative estimate of drug-likeness (QED) is 0.788. The van der Waals surface area contributed by atoms with E-state index in [-0.39, 0.29) is 5.38 Å². The second-order valence-electron chi connectivity index (χ2n) is 4.77. The van der Waals surface area contributed by atoms with Crippen LogP contribution in [0.2, 0.25) is 0 Å². The zero-order chi connectivity index (χ0) is 13.0. The highest BCUT2D eigenvalue weighted by Gasteiger charge is 2.25. The first-order valence-corrected chi connectivity index (χ1v) is 6.99. The van der Waals surface area contributed by atoms with Crippen molar-refractivity contribution in [3.8, 4) is 5.88 Å². The van der Waals surface area contributed by atoms with E-state index >= 15 is 0 Å². The van der Waals surface area contributed by atoms with Crippen molar-refractivity contribution in [3.05, 3.63) is 12.3 Å². The summed E-state index contributed by atoms with van der Waals surface area (Å²) in [7, 11) is 0. The molecule has 1 saturated heterocycles. The predicted molar refractivity (Wildman–Crippen MR) is 73.5 cm³/mol. The molecule has 0 saturated carbocycles. The Morgan fingerprint density at radius 2 is 2.39 bits per heavy atom. The van der Waals surface area contributed by atoms with E-state index in [2.05, 4.69) is 28.7 Å². The number of ether oxygens (including phenoxy) is 1. The van der Waals surface area contributed by atoms with E-state index in [0.717, 1.165) is 31.9 Å². The fourth-order valence-corrected chi connectivity index (χ4v) is 2.25. The van der Waals surface area contributed by atoms with Gasteiger partial charge in [0.05, 0.1) is 6.61 Å². The number of alkyl halides is 1. The lowest BCUT2D eigenvalue weighted by atomic mass is 10.00. The first kappa shape index (κ1) is 13.4. The van der Waals surface area contributed by atoms with Crippen LogP contribution < -0.4 is 9.64 Å². The largest absolute Gasteiger partial charge is 0.478 e. The van der Waals surface area contributed by atoms with Gasteiger partial charge in [-0.25, -0.2) is 4.98 Å². The highest BCUT2D eigenvalue weighted by atomic mass is 35.5. The van der Waals surface area contributed by atoms with Crippen molar-refractivity contribution in [1.82, 2.24) is 9.97 Å². The number of halogens is 1. The van der Waals surface area contributed by atoms with Crippen molar-refractivity contribution in [2.45, 2.75) is 32.1 Å². The maximum atomic E-state index is 6.23. The second-order valence-corrected chi connectivity index (χ2v) is 5.33. The van der Waals surface area contributed by atoms with Gasteiger partial charge in [0.1, 0.15) is 0 Å². The molecule has 0 bridgehead atoms. The number of nitrogens with zero attached hydrogens (tertiary/aromatic N) is 3. The number of rotatable bonds is 4. The first-order valence-electron chi connectivity index (χ1n) is 6.55. The zero-order valence-corrected chi connectivity index (χ0v) is 11.7. The number of piperidine rings is 1. The van der Waals surface area contributed by atoms with Crippen LogP contribution in [0, 0.1) is 5.92 Å². The standard InChI is InChI=1S/C13H20ClN3O/c1-3-8-18-12-4-6-15-13(16-12)17-7-5-11(14)10(2)9-17/h4,6,10-11H,3,5,7-9H2,1-2H3. The number of hydrogen-bond acceptors (Lipinski definition) is 4. The molecule has 1 fully saturated rings. The summed E-state index contributed by atoms with van der Waals surface area (Å²) in [6, 6.07) is 1.80. The monoisotopic (exact) mass is 269 g/mol. The van der Waals surface area contributed by atoms with Gasteiger partial charge in [-0.1, -0.05) is 13.8 Å². The predicted octanol–water partition coefficient (Wildman–Crippen LogP) is 2.72. The minimum atomic E-state index is 0.265. The number of hydrogen-bond donors (Lipinski definition) is 0. The van der Waals surface area contributed by atoms with Gasteiger partial charge in [-0.3, -0.25) is 0 Å². The van der Waals surface area contributed by atoms with Crippen LogP contribution in [-0.2, 0) is 0 Å². The Kier molecular flexibility index (Phi) is 4.64. The summed E-state index contributed by atoms with van der Waals surface area (Å²) in [6.07, 6.45) is 3.71. The Hall–Kier alpha value is -1.03. The Morgan fingerprint density at radius 1 is 1.56 bits per heavy atom. The van der Waals surface area contributed by atoms with Crippen LogP contribution in [-0.4, -0.2) is 35.0 Å². The van der Waals surface area contributed by atoms with Crippen molar-refractivity contribution < 1.29 is 4.74 Å². The Labute approximate surface area is 113 Å². The van der Waals surface area contributed by atoms with Crippen LogP contribution in [0.5, 0.6) is 5.88 Å². The van der Waals surface area contributed by atoms with E-state index in [4.69, 9.17) is 16.3 Å². The van der Waals surface area contributed by atoms with Gasteiger partial charge in [-0.15, -0.1) is 11.6 Å².